The zero-order chi connectivity index (χ0) is 15.8. The van der Waals surface area contributed by atoms with Crippen LogP contribution >= 0.6 is 0 Å². The summed E-state index contributed by atoms with van der Waals surface area (Å²) in [7, 11) is 0. The highest BCUT2D eigenvalue weighted by atomic mass is 16.1. The van der Waals surface area contributed by atoms with Crippen LogP contribution in [0.4, 0.5) is 5.69 Å². The van der Waals surface area contributed by atoms with Gasteiger partial charge in [0.1, 0.15) is 5.69 Å². The van der Waals surface area contributed by atoms with Crippen LogP contribution in [0, 0.1) is 0 Å². The summed E-state index contributed by atoms with van der Waals surface area (Å²) in [6, 6.07) is 14.2. The second kappa shape index (κ2) is 8.17. The Labute approximate surface area is 132 Å². The molecule has 2 aromatic rings. The number of carbonyl (C=O) groups is 1. The Kier molecular flexibility index (Phi) is 5.95. The van der Waals surface area contributed by atoms with Crippen molar-refractivity contribution in [3.05, 3.63) is 59.9 Å². The number of nitrogens with one attached hydrogen (secondary N) is 2. The van der Waals surface area contributed by atoms with E-state index in [1.54, 1.807) is 12.3 Å². The van der Waals surface area contributed by atoms with Crippen molar-refractivity contribution < 1.29 is 4.79 Å². The quantitative estimate of drug-likeness (QED) is 0.824. The molecule has 2 N–H and O–H groups in total. The smallest absolute Gasteiger partial charge is 0.269 e. The van der Waals surface area contributed by atoms with Gasteiger partial charge in [0, 0.05) is 24.5 Å². The van der Waals surface area contributed by atoms with E-state index in [0.29, 0.717) is 18.3 Å². The molecule has 2 rings (SSSR count). The Morgan fingerprint density at radius 2 is 2.00 bits per heavy atom. The summed E-state index contributed by atoms with van der Waals surface area (Å²) in [5.41, 5.74) is 2.59. The molecular formula is C18H23N3O. The maximum atomic E-state index is 12.1. The Morgan fingerprint density at radius 3 is 2.73 bits per heavy atom. The molecule has 4 nitrogen and oxygen atoms in total. The second-order valence-corrected chi connectivity index (χ2v) is 5.37. The number of hydrogen-bond donors (Lipinski definition) is 2. The van der Waals surface area contributed by atoms with E-state index < -0.39 is 0 Å². The lowest BCUT2D eigenvalue weighted by molar-refractivity contribution is 0.0949. The normalized spacial score (nSPS) is 11.7. The first-order chi connectivity index (χ1) is 10.7. The highest BCUT2D eigenvalue weighted by Gasteiger charge is 2.08. The van der Waals surface area contributed by atoms with Crippen molar-refractivity contribution in [1.29, 1.82) is 0 Å². The molecule has 0 saturated carbocycles. The van der Waals surface area contributed by atoms with Crippen molar-refractivity contribution in [2.24, 2.45) is 0 Å². The van der Waals surface area contributed by atoms with Crippen molar-refractivity contribution in [2.75, 3.05) is 11.9 Å². The van der Waals surface area contributed by atoms with Crippen LogP contribution in [-0.4, -0.2) is 23.5 Å². The molecule has 0 spiro atoms. The van der Waals surface area contributed by atoms with E-state index in [2.05, 4.69) is 41.6 Å². The van der Waals surface area contributed by atoms with Crippen LogP contribution in [0.25, 0.3) is 0 Å². The summed E-state index contributed by atoms with van der Waals surface area (Å²) >= 11 is 0. The maximum Gasteiger partial charge on any atom is 0.269 e. The van der Waals surface area contributed by atoms with E-state index >= 15 is 0 Å². The van der Waals surface area contributed by atoms with Crippen LogP contribution in [0.5, 0.6) is 0 Å². The average Bonchev–Trinajstić information content (AvgIpc) is 2.56. The lowest BCUT2D eigenvalue weighted by Crippen LogP contribution is -2.26. The highest BCUT2D eigenvalue weighted by molar-refractivity contribution is 5.93. The number of nitrogens with zero attached hydrogens (tertiary/aromatic N) is 1. The highest BCUT2D eigenvalue weighted by Crippen LogP contribution is 2.10. The van der Waals surface area contributed by atoms with Crippen molar-refractivity contribution in [3.63, 3.8) is 0 Å². The molecule has 1 aromatic carbocycles. The van der Waals surface area contributed by atoms with Crippen LogP contribution < -0.4 is 10.6 Å². The molecule has 0 aliphatic heterocycles. The lowest BCUT2D eigenvalue weighted by atomic mass is 10.1. The zero-order valence-corrected chi connectivity index (χ0v) is 13.2. The van der Waals surface area contributed by atoms with Gasteiger partial charge < -0.3 is 10.6 Å². The SMILES string of the molecule is CCC(C)Nc1ccnc(C(=O)NCCc2ccccc2)c1. The molecule has 0 saturated heterocycles. The summed E-state index contributed by atoms with van der Waals surface area (Å²) in [4.78, 5) is 16.3. The van der Waals surface area contributed by atoms with Gasteiger partial charge in [0.05, 0.1) is 0 Å². The van der Waals surface area contributed by atoms with E-state index in [4.69, 9.17) is 0 Å². The van der Waals surface area contributed by atoms with Gasteiger partial charge in [-0.25, -0.2) is 0 Å². The van der Waals surface area contributed by atoms with Gasteiger partial charge in [-0.3, -0.25) is 9.78 Å². The van der Waals surface area contributed by atoms with Gasteiger partial charge in [-0.15, -0.1) is 0 Å². The molecule has 0 bridgehead atoms. The predicted molar refractivity (Wildman–Crippen MR) is 90.1 cm³/mol. The number of carbonyl (C=O) groups excluding carboxylic acids is 1. The molecule has 1 unspecified atom stereocenters. The third-order valence-corrected chi connectivity index (χ3v) is 3.56. The topological polar surface area (TPSA) is 54.0 Å². The number of benzene rings is 1. The van der Waals surface area contributed by atoms with E-state index in [0.717, 1.165) is 18.5 Å². The largest absolute Gasteiger partial charge is 0.382 e. The van der Waals surface area contributed by atoms with E-state index in [1.807, 2.05) is 24.3 Å². The van der Waals surface area contributed by atoms with Gasteiger partial charge in [0.2, 0.25) is 0 Å². The first-order valence-corrected chi connectivity index (χ1v) is 7.73. The van der Waals surface area contributed by atoms with Gasteiger partial charge in [0.15, 0.2) is 0 Å². The van der Waals surface area contributed by atoms with Crippen LogP contribution in [0.15, 0.2) is 48.7 Å². The summed E-state index contributed by atoms with van der Waals surface area (Å²) in [5, 5.41) is 6.26. The molecule has 4 heteroatoms. The van der Waals surface area contributed by atoms with Gasteiger partial charge in [-0.05, 0) is 37.5 Å². The Hall–Kier alpha value is -2.36. The fraction of sp³-hybridized carbons (Fsp3) is 0.333. The molecule has 0 aliphatic carbocycles. The standard InChI is InChI=1S/C18H23N3O/c1-3-14(2)21-16-10-12-19-17(13-16)18(22)20-11-9-15-7-5-4-6-8-15/h4-8,10,12-14H,3,9,11H2,1-2H3,(H,19,21)(H,20,22). The first-order valence-electron chi connectivity index (χ1n) is 7.73. The fourth-order valence-corrected chi connectivity index (χ4v) is 2.09. The molecule has 0 fully saturated rings. The monoisotopic (exact) mass is 297 g/mol. The van der Waals surface area contributed by atoms with E-state index in [-0.39, 0.29) is 5.91 Å². The maximum absolute atomic E-state index is 12.1. The minimum Gasteiger partial charge on any atom is -0.382 e. The number of amides is 1. The molecule has 0 radical (unpaired) electrons. The summed E-state index contributed by atoms with van der Waals surface area (Å²) in [6.07, 6.45) is 3.51. The molecule has 1 aromatic heterocycles. The zero-order valence-electron chi connectivity index (χ0n) is 13.2. The third-order valence-electron chi connectivity index (χ3n) is 3.56. The molecule has 1 atom stereocenters. The molecule has 1 heterocycles. The second-order valence-electron chi connectivity index (χ2n) is 5.37. The summed E-state index contributed by atoms with van der Waals surface area (Å²) in [5.74, 6) is -0.135. The summed E-state index contributed by atoms with van der Waals surface area (Å²) in [6.45, 7) is 4.84. The average molecular weight is 297 g/mol. The van der Waals surface area contributed by atoms with Crippen LogP contribution in [0.3, 0.4) is 0 Å². The van der Waals surface area contributed by atoms with Crippen molar-refractivity contribution in [1.82, 2.24) is 10.3 Å². The van der Waals surface area contributed by atoms with Crippen molar-refractivity contribution >= 4 is 11.6 Å². The van der Waals surface area contributed by atoms with Gasteiger partial charge in [-0.2, -0.15) is 0 Å². The van der Waals surface area contributed by atoms with Gasteiger partial charge in [0.25, 0.3) is 5.91 Å². The van der Waals surface area contributed by atoms with Crippen LogP contribution in [0.2, 0.25) is 0 Å². The lowest BCUT2D eigenvalue weighted by Gasteiger charge is -2.13. The van der Waals surface area contributed by atoms with Crippen molar-refractivity contribution in [2.45, 2.75) is 32.7 Å². The van der Waals surface area contributed by atoms with Gasteiger partial charge in [-0.1, -0.05) is 37.3 Å². The number of aromatic nitrogens is 1. The fourth-order valence-electron chi connectivity index (χ4n) is 2.09. The summed E-state index contributed by atoms with van der Waals surface area (Å²) < 4.78 is 0. The third kappa shape index (κ3) is 4.88. The molecule has 1 amide bonds. The number of anilines is 1. The Balaban J connectivity index is 1.88. The van der Waals surface area contributed by atoms with Crippen LogP contribution in [-0.2, 0) is 6.42 Å². The number of rotatable bonds is 7. The van der Waals surface area contributed by atoms with Gasteiger partial charge >= 0.3 is 0 Å². The van der Waals surface area contributed by atoms with E-state index in [1.165, 1.54) is 5.56 Å². The molecular weight excluding hydrogens is 274 g/mol. The number of pyridine rings is 1. The molecule has 0 aliphatic rings. The minimum absolute atomic E-state index is 0.135. The minimum atomic E-state index is -0.135. The predicted octanol–water partition coefficient (Wildman–Crippen LogP) is 3.26. The molecule has 116 valence electrons. The van der Waals surface area contributed by atoms with Crippen molar-refractivity contribution in [3.8, 4) is 0 Å². The Bertz CT molecular complexity index is 598. The first kappa shape index (κ1) is 16.0. The Morgan fingerprint density at radius 1 is 1.23 bits per heavy atom. The van der Waals surface area contributed by atoms with E-state index in [9.17, 15) is 4.79 Å². The van der Waals surface area contributed by atoms with Crippen LogP contribution in [0.1, 0.15) is 36.3 Å². The number of hydrogen-bond acceptors (Lipinski definition) is 3. The molecule has 22 heavy (non-hydrogen) atoms.